The van der Waals surface area contributed by atoms with E-state index in [4.69, 9.17) is 0 Å². The molecular formula is C13H11Br3S. The van der Waals surface area contributed by atoms with Crippen molar-refractivity contribution in [2.45, 2.75) is 18.7 Å². The highest BCUT2D eigenvalue weighted by molar-refractivity contribution is 9.13. The second kappa shape index (κ2) is 5.55. The number of aryl methyl sites for hydroxylation is 2. The molecule has 1 heterocycles. The first-order chi connectivity index (χ1) is 7.99. The maximum Gasteiger partial charge on any atom is 0.0843 e. The Morgan fingerprint density at radius 1 is 1.12 bits per heavy atom. The fraction of sp³-hybridized carbons (Fsp3) is 0.231. The van der Waals surface area contributed by atoms with Crippen LogP contribution in [0.5, 0.6) is 0 Å². The Morgan fingerprint density at radius 2 is 1.82 bits per heavy atom. The Bertz CT molecular complexity index is 526. The first-order valence-electron chi connectivity index (χ1n) is 5.15. The van der Waals surface area contributed by atoms with E-state index in [0.29, 0.717) is 0 Å². The maximum absolute atomic E-state index is 3.80. The molecule has 0 aliphatic heterocycles. The molecule has 1 aromatic heterocycles. The summed E-state index contributed by atoms with van der Waals surface area (Å²) in [7, 11) is 0. The number of alkyl halides is 1. The summed E-state index contributed by atoms with van der Waals surface area (Å²) in [5.74, 6) is 0. The van der Waals surface area contributed by atoms with Gasteiger partial charge in [0.15, 0.2) is 0 Å². The van der Waals surface area contributed by atoms with E-state index >= 15 is 0 Å². The van der Waals surface area contributed by atoms with Gasteiger partial charge in [-0.3, -0.25) is 0 Å². The van der Waals surface area contributed by atoms with E-state index in [9.17, 15) is 0 Å². The van der Waals surface area contributed by atoms with Crippen LogP contribution in [0.3, 0.4) is 0 Å². The Morgan fingerprint density at radius 3 is 2.41 bits per heavy atom. The normalized spacial score (nSPS) is 12.8. The van der Waals surface area contributed by atoms with Crippen molar-refractivity contribution in [1.82, 2.24) is 0 Å². The minimum atomic E-state index is 0.259. The predicted molar refractivity (Wildman–Crippen MR) is 86.4 cm³/mol. The summed E-state index contributed by atoms with van der Waals surface area (Å²) >= 11 is 12.6. The van der Waals surface area contributed by atoms with Crippen LogP contribution < -0.4 is 0 Å². The number of thiophene rings is 1. The molecule has 0 aliphatic rings. The highest BCUT2D eigenvalue weighted by Crippen LogP contribution is 2.42. The van der Waals surface area contributed by atoms with E-state index in [1.807, 2.05) is 0 Å². The molecular weight excluding hydrogens is 428 g/mol. The van der Waals surface area contributed by atoms with Crippen LogP contribution in [0.1, 0.15) is 26.4 Å². The summed E-state index contributed by atoms with van der Waals surface area (Å²) in [6.45, 7) is 4.28. The summed E-state index contributed by atoms with van der Waals surface area (Å²) < 4.78 is 2.26. The van der Waals surface area contributed by atoms with Crippen LogP contribution >= 0.6 is 59.1 Å². The lowest BCUT2D eigenvalue weighted by Crippen LogP contribution is -1.94. The zero-order chi connectivity index (χ0) is 12.6. The number of halogens is 3. The molecule has 0 saturated carbocycles. The van der Waals surface area contributed by atoms with Crippen LogP contribution in [0.4, 0.5) is 0 Å². The topological polar surface area (TPSA) is 0 Å². The summed E-state index contributed by atoms with van der Waals surface area (Å²) in [4.78, 5) is 1.56. The molecule has 90 valence electrons. The van der Waals surface area contributed by atoms with Gasteiger partial charge in [-0.15, -0.1) is 11.3 Å². The average molecular weight is 439 g/mol. The van der Waals surface area contributed by atoms with Crippen molar-refractivity contribution in [2.75, 3.05) is 0 Å². The van der Waals surface area contributed by atoms with Crippen LogP contribution in [0.15, 0.2) is 32.5 Å². The third-order valence-corrected chi connectivity index (χ3v) is 7.23. The van der Waals surface area contributed by atoms with Crippen molar-refractivity contribution in [2.24, 2.45) is 0 Å². The fourth-order valence-electron chi connectivity index (χ4n) is 1.67. The van der Waals surface area contributed by atoms with Gasteiger partial charge in [0.1, 0.15) is 0 Å². The van der Waals surface area contributed by atoms with Gasteiger partial charge < -0.3 is 0 Å². The Kier molecular flexibility index (Phi) is 4.50. The van der Waals surface area contributed by atoms with Gasteiger partial charge in [-0.2, -0.15) is 0 Å². The lowest BCUT2D eigenvalue weighted by Gasteiger charge is -2.12. The van der Waals surface area contributed by atoms with Crippen molar-refractivity contribution in [3.05, 3.63) is 54.1 Å². The van der Waals surface area contributed by atoms with Crippen molar-refractivity contribution >= 4 is 59.1 Å². The molecule has 0 N–H and O–H groups in total. The van der Waals surface area contributed by atoms with E-state index in [1.165, 1.54) is 21.6 Å². The minimum Gasteiger partial charge on any atom is -0.131 e. The van der Waals surface area contributed by atoms with E-state index in [2.05, 4.69) is 85.9 Å². The van der Waals surface area contributed by atoms with Crippen LogP contribution in [-0.4, -0.2) is 0 Å². The Balaban J connectivity index is 2.42. The standard InChI is InChI=1S/C13H11Br3S/c1-7-3-4-8(2)9(5-7)12(15)11-6-10(14)13(16)17-11/h3-6,12H,1-2H3. The lowest BCUT2D eigenvalue weighted by molar-refractivity contribution is 1.16. The van der Waals surface area contributed by atoms with Crippen LogP contribution in [0, 0.1) is 13.8 Å². The SMILES string of the molecule is Cc1ccc(C)c(C(Br)c2cc(Br)c(Br)s2)c1. The zero-order valence-electron chi connectivity index (χ0n) is 9.43. The largest absolute Gasteiger partial charge is 0.131 e. The van der Waals surface area contributed by atoms with Gasteiger partial charge >= 0.3 is 0 Å². The van der Waals surface area contributed by atoms with Crippen molar-refractivity contribution < 1.29 is 0 Å². The van der Waals surface area contributed by atoms with E-state index in [1.54, 1.807) is 11.3 Å². The zero-order valence-corrected chi connectivity index (χ0v) is 15.0. The van der Waals surface area contributed by atoms with E-state index in [-0.39, 0.29) is 4.83 Å². The van der Waals surface area contributed by atoms with Gasteiger partial charge in [0.25, 0.3) is 0 Å². The molecule has 0 fully saturated rings. The molecule has 1 aromatic carbocycles. The smallest absolute Gasteiger partial charge is 0.0843 e. The third kappa shape index (κ3) is 3.03. The molecule has 0 bridgehead atoms. The summed E-state index contributed by atoms with van der Waals surface area (Å²) in [5, 5.41) is 0. The second-order valence-corrected chi connectivity index (χ2v) is 8.16. The molecule has 17 heavy (non-hydrogen) atoms. The molecule has 0 amide bonds. The van der Waals surface area contributed by atoms with Crippen molar-refractivity contribution in [3.63, 3.8) is 0 Å². The highest BCUT2D eigenvalue weighted by Gasteiger charge is 2.16. The molecule has 0 nitrogen and oxygen atoms in total. The number of benzene rings is 1. The molecule has 0 spiro atoms. The van der Waals surface area contributed by atoms with Gasteiger partial charge in [-0.05, 0) is 62.9 Å². The molecule has 1 atom stereocenters. The van der Waals surface area contributed by atoms with E-state index in [0.717, 1.165) is 8.26 Å². The predicted octanol–water partition coefficient (Wildman–Crippen LogP) is 6.37. The van der Waals surface area contributed by atoms with Gasteiger partial charge in [0, 0.05) is 9.35 Å². The first-order valence-corrected chi connectivity index (χ1v) is 8.47. The molecule has 0 saturated heterocycles. The van der Waals surface area contributed by atoms with Crippen LogP contribution in [0.25, 0.3) is 0 Å². The van der Waals surface area contributed by atoms with Gasteiger partial charge in [0.2, 0.25) is 0 Å². The first kappa shape index (κ1) is 13.8. The van der Waals surface area contributed by atoms with Crippen LogP contribution in [0.2, 0.25) is 0 Å². The van der Waals surface area contributed by atoms with E-state index < -0.39 is 0 Å². The second-order valence-electron chi connectivity index (χ2n) is 3.99. The quantitative estimate of drug-likeness (QED) is 0.477. The fourth-order valence-corrected chi connectivity index (χ4v) is 4.67. The summed E-state index contributed by atoms with van der Waals surface area (Å²) in [6.07, 6.45) is 0. The van der Waals surface area contributed by atoms with Crippen molar-refractivity contribution in [1.29, 1.82) is 0 Å². The minimum absolute atomic E-state index is 0.259. The molecule has 1 unspecified atom stereocenters. The highest BCUT2D eigenvalue weighted by atomic mass is 79.9. The average Bonchev–Trinajstić information content (AvgIpc) is 2.62. The summed E-state index contributed by atoms with van der Waals surface area (Å²) in [5.41, 5.74) is 3.95. The molecule has 0 aliphatic carbocycles. The number of hydrogen-bond donors (Lipinski definition) is 0. The van der Waals surface area contributed by atoms with Crippen LogP contribution in [-0.2, 0) is 0 Å². The number of hydrogen-bond acceptors (Lipinski definition) is 1. The Labute approximate surface area is 131 Å². The Hall–Kier alpha value is 0.360. The molecule has 2 rings (SSSR count). The third-order valence-electron chi connectivity index (χ3n) is 2.62. The van der Waals surface area contributed by atoms with Gasteiger partial charge in [0.05, 0.1) is 8.61 Å². The van der Waals surface area contributed by atoms with Gasteiger partial charge in [-0.1, -0.05) is 39.7 Å². The van der Waals surface area contributed by atoms with Gasteiger partial charge in [-0.25, -0.2) is 0 Å². The molecule has 2 aromatic rings. The maximum atomic E-state index is 3.80. The number of rotatable bonds is 2. The van der Waals surface area contributed by atoms with Crippen molar-refractivity contribution in [3.8, 4) is 0 Å². The molecule has 4 heteroatoms. The monoisotopic (exact) mass is 436 g/mol. The lowest BCUT2D eigenvalue weighted by atomic mass is 10.0. The molecule has 0 radical (unpaired) electrons. The summed E-state index contributed by atoms with van der Waals surface area (Å²) in [6, 6.07) is 8.74.